The number of hydrogen-bond acceptors (Lipinski definition) is 4. The average molecular weight is 490 g/mol. The van der Waals surface area contributed by atoms with E-state index in [0.717, 1.165) is 11.1 Å². The Balaban J connectivity index is 0.000000303. The highest BCUT2D eigenvalue weighted by Gasteiger charge is 2.15. The van der Waals surface area contributed by atoms with Gasteiger partial charge in [0.1, 0.15) is 0 Å². The fourth-order valence-corrected chi connectivity index (χ4v) is 3.64. The molecule has 0 aliphatic carbocycles. The molecule has 30 heavy (non-hydrogen) atoms. The molecule has 0 spiro atoms. The van der Waals surface area contributed by atoms with Crippen molar-refractivity contribution in [1.82, 2.24) is 0 Å². The Labute approximate surface area is 195 Å². The Bertz CT molecular complexity index is 931. The van der Waals surface area contributed by atoms with E-state index in [9.17, 15) is 19.2 Å². The molecule has 0 unspecified atom stereocenters. The van der Waals surface area contributed by atoms with Gasteiger partial charge in [0.05, 0.1) is 0 Å². The first kappa shape index (κ1) is 26.3. The van der Waals surface area contributed by atoms with Gasteiger partial charge in [-0.3, -0.25) is 19.2 Å². The van der Waals surface area contributed by atoms with Gasteiger partial charge in [-0.1, -0.05) is 13.8 Å². The summed E-state index contributed by atoms with van der Waals surface area (Å²) in [6, 6.07) is 6.45. The van der Waals surface area contributed by atoms with Crippen LogP contribution in [0.2, 0.25) is 0 Å². The SMILES string of the molecule is CCc1cc(C(=O)Cl)c(CC)cc1C(=O)Cl.Cc1cc(C(=O)Cl)c(C)cc1C(=O)Cl. The molecular formula is C22H20Cl4O4. The molecule has 160 valence electrons. The van der Waals surface area contributed by atoms with E-state index in [-0.39, 0.29) is 0 Å². The predicted octanol–water partition coefficient (Wildman–Crippen LogP) is 6.63. The molecule has 4 nitrogen and oxygen atoms in total. The fourth-order valence-electron chi connectivity index (χ4n) is 2.88. The van der Waals surface area contributed by atoms with Gasteiger partial charge in [-0.15, -0.1) is 0 Å². The van der Waals surface area contributed by atoms with Crippen molar-refractivity contribution < 1.29 is 19.2 Å². The van der Waals surface area contributed by atoms with E-state index in [1.807, 2.05) is 13.8 Å². The van der Waals surface area contributed by atoms with Gasteiger partial charge in [0.2, 0.25) is 0 Å². The minimum Gasteiger partial charge on any atom is -0.276 e. The van der Waals surface area contributed by atoms with Crippen LogP contribution in [-0.4, -0.2) is 21.0 Å². The van der Waals surface area contributed by atoms with Crippen LogP contribution in [0, 0.1) is 13.8 Å². The number of halogens is 4. The van der Waals surface area contributed by atoms with Gasteiger partial charge in [-0.05, 0) is 120 Å². The molecule has 2 rings (SSSR count). The maximum atomic E-state index is 11.2. The lowest BCUT2D eigenvalue weighted by atomic mass is 9.96. The Morgan fingerprint density at radius 2 is 0.833 bits per heavy atom. The number of aryl methyl sites for hydroxylation is 4. The van der Waals surface area contributed by atoms with Crippen LogP contribution in [-0.2, 0) is 12.8 Å². The molecule has 2 aromatic carbocycles. The molecule has 0 bridgehead atoms. The predicted molar refractivity (Wildman–Crippen MR) is 122 cm³/mol. The lowest BCUT2D eigenvalue weighted by Gasteiger charge is -2.10. The fraction of sp³-hybridized carbons (Fsp3) is 0.273. The molecule has 0 heterocycles. The molecule has 0 aliphatic rings. The van der Waals surface area contributed by atoms with Crippen molar-refractivity contribution in [2.24, 2.45) is 0 Å². The molecule has 0 saturated carbocycles. The van der Waals surface area contributed by atoms with Gasteiger partial charge in [0, 0.05) is 22.3 Å². The second-order valence-corrected chi connectivity index (χ2v) is 7.82. The van der Waals surface area contributed by atoms with Crippen LogP contribution in [0.15, 0.2) is 24.3 Å². The molecular weight excluding hydrogens is 470 g/mol. The highest BCUT2D eigenvalue weighted by Crippen LogP contribution is 2.22. The van der Waals surface area contributed by atoms with Gasteiger partial charge < -0.3 is 0 Å². The van der Waals surface area contributed by atoms with E-state index in [2.05, 4.69) is 0 Å². The summed E-state index contributed by atoms with van der Waals surface area (Å²) in [5.41, 5.74) is 4.55. The van der Waals surface area contributed by atoms with E-state index in [1.165, 1.54) is 0 Å². The van der Waals surface area contributed by atoms with E-state index in [4.69, 9.17) is 46.4 Å². The Hall–Kier alpha value is -1.72. The molecule has 2 aromatic rings. The monoisotopic (exact) mass is 488 g/mol. The van der Waals surface area contributed by atoms with Crippen molar-refractivity contribution in [2.75, 3.05) is 0 Å². The zero-order valence-electron chi connectivity index (χ0n) is 16.9. The van der Waals surface area contributed by atoms with Crippen molar-refractivity contribution in [3.8, 4) is 0 Å². The zero-order valence-corrected chi connectivity index (χ0v) is 19.9. The molecule has 8 heteroatoms. The summed E-state index contributed by atoms with van der Waals surface area (Å²) in [4.78, 5) is 44.3. The molecule has 0 fully saturated rings. The Morgan fingerprint density at radius 3 is 1.03 bits per heavy atom. The first-order valence-corrected chi connectivity index (χ1v) is 10.5. The van der Waals surface area contributed by atoms with Crippen LogP contribution >= 0.6 is 46.4 Å². The number of benzene rings is 2. The van der Waals surface area contributed by atoms with Gasteiger partial charge in [0.25, 0.3) is 21.0 Å². The summed E-state index contributed by atoms with van der Waals surface area (Å²) in [5.74, 6) is 0. The van der Waals surface area contributed by atoms with Gasteiger partial charge in [-0.2, -0.15) is 0 Å². The third kappa shape index (κ3) is 6.64. The molecule has 0 radical (unpaired) electrons. The van der Waals surface area contributed by atoms with Crippen LogP contribution in [0.5, 0.6) is 0 Å². The Kier molecular flexibility index (Phi) is 10.2. The number of rotatable bonds is 6. The quantitative estimate of drug-likeness (QED) is 0.427. The first-order valence-electron chi connectivity index (χ1n) is 9.00. The third-order valence-corrected chi connectivity index (χ3v) is 5.32. The molecule has 0 saturated heterocycles. The molecule has 0 N–H and O–H groups in total. The summed E-state index contributed by atoms with van der Waals surface area (Å²) >= 11 is 21.7. The summed E-state index contributed by atoms with van der Waals surface area (Å²) < 4.78 is 0. The van der Waals surface area contributed by atoms with Gasteiger partial charge in [-0.25, -0.2) is 0 Å². The van der Waals surface area contributed by atoms with Gasteiger partial charge in [0.15, 0.2) is 0 Å². The molecule has 0 amide bonds. The smallest absolute Gasteiger partial charge is 0.252 e. The van der Waals surface area contributed by atoms with Crippen LogP contribution in [0.25, 0.3) is 0 Å². The minimum absolute atomic E-state index is 0.408. The maximum Gasteiger partial charge on any atom is 0.252 e. The highest BCUT2D eigenvalue weighted by atomic mass is 35.5. The van der Waals surface area contributed by atoms with Crippen molar-refractivity contribution >= 4 is 67.4 Å². The lowest BCUT2D eigenvalue weighted by molar-refractivity contribution is 0.106. The first-order chi connectivity index (χ1) is 13.9. The van der Waals surface area contributed by atoms with Crippen molar-refractivity contribution in [2.45, 2.75) is 40.5 Å². The maximum absolute atomic E-state index is 11.2. The largest absolute Gasteiger partial charge is 0.276 e. The zero-order chi connectivity index (χ0) is 23.2. The highest BCUT2D eigenvalue weighted by molar-refractivity contribution is 6.69. The van der Waals surface area contributed by atoms with Crippen molar-refractivity contribution in [1.29, 1.82) is 0 Å². The second-order valence-electron chi connectivity index (χ2n) is 6.45. The summed E-state index contributed by atoms with van der Waals surface area (Å²) in [5, 5.41) is -2.06. The number of carbonyl (C=O) groups is 4. The molecule has 0 aliphatic heterocycles. The Morgan fingerprint density at radius 1 is 0.567 bits per heavy atom. The van der Waals surface area contributed by atoms with Crippen molar-refractivity contribution in [3.63, 3.8) is 0 Å². The summed E-state index contributed by atoms with van der Waals surface area (Å²) in [7, 11) is 0. The van der Waals surface area contributed by atoms with Crippen LogP contribution in [0.1, 0.15) is 77.5 Å². The van der Waals surface area contributed by atoms with Crippen LogP contribution in [0.3, 0.4) is 0 Å². The average Bonchev–Trinajstić information content (AvgIpc) is 2.68. The van der Waals surface area contributed by atoms with E-state index >= 15 is 0 Å². The minimum atomic E-state index is -0.529. The standard InChI is InChI=1S/C12H12Cl2O2.C10H8Cl2O2/c1-3-7-5-10(12(14)16)8(4-2)6-9(7)11(13)15;1-5-3-8(10(12)14)6(2)4-7(5)9(11)13/h5-6H,3-4H2,1-2H3;3-4H,1-2H3. The van der Waals surface area contributed by atoms with Crippen LogP contribution in [0.4, 0.5) is 0 Å². The molecule has 0 atom stereocenters. The summed E-state index contributed by atoms with van der Waals surface area (Å²) in [6.07, 6.45) is 1.27. The van der Waals surface area contributed by atoms with E-state index in [0.29, 0.717) is 46.2 Å². The van der Waals surface area contributed by atoms with Gasteiger partial charge >= 0.3 is 0 Å². The topological polar surface area (TPSA) is 68.3 Å². The van der Waals surface area contributed by atoms with E-state index in [1.54, 1.807) is 38.1 Å². The third-order valence-electron chi connectivity index (χ3n) is 4.51. The molecule has 0 aromatic heterocycles. The summed E-state index contributed by atoms with van der Waals surface area (Å²) in [6.45, 7) is 7.20. The second kappa shape index (κ2) is 11.6. The van der Waals surface area contributed by atoms with Crippen molar-refractivity contribution in [3.05, 3.63) is 68.8 Å². The van der Waals surface area contributed by atoms with E-state index < -0.39 is 21.0 Å². The normalized spacial score (nSPS) is 10.1. The van der Waals surface area contributed by atoms with Crippen LogP contribution < -0.4 is 0 Å². The number of carbonyl (C=O) groups excluding carboxylic acids is 4. The lowest BCUT2D eigenvalue weighted by Crippen LogP contribution is -2.04. The number of hydrogen-bond donors (Lipinski definition) is 0.